The van der Waals surface area contributed by atoms with Crippen LogP contribution in [0.3, 0.4) is 0 Å². The zero-order chi connectivity index (χ0) is 13.1. The molecular weight excluding hydrogens is 250 g/mol. The number of nitrogens with two attached hydrogens (primary N) is 1. The van der Waals surface area contributed by atoms with Crippen LogP contribution in [0.4, 0.5) is 0 Å². The number of imide groups is 1. The average molecular weight is 267 g/mol. The number of nitrogens with zero attached hydrogens (tertiary/aromatic N) is 1. The molecule has 1 aliphatic heterocycles. The summed E-state index contributed by atoms with van der Waals surface area (Å²) in [5.41, 5.74) is 6.15. The van der Waals surface area contributed by atoms with Gasteiger partial charge in [0.1, 0.15) is 0 Å². The van der Waals surface area contributed by atoms with Crippen LogP contribution < -0.4 is 11.1 Å². The zero-order valence-electron chi connectivity index (χ0n) is 10.3. The fourth-order valence-corrected chi connectivity index (χ4v) is 3.14. The number of hydrogen-bond donors (Lipinski definition) is 2. The van der Waals surface area contributed by atoms with Gasteiger partial charge in [-0.1, -0.05) is 13.0 Å². The van der Waals surface area contributed by atoms with E-state index in [9.17, 15) is 9.59 Å². The van der Waals surface area contributed by atoms with E-state index >= 15 is 0 Å². The fourth-order valence-electron chi connectivity index (χ4n) is 2.20. The Kier molecular flexibility index (Phi) is 4.11. The summed E-state index contributed by atoms with van der Waals surface area (Å²) in [5.74, 6) is -0.507. The summed E-state index contributed by atoms with van der Waals surface area (Å²) in [6, 6.07) is 3.82. The van der Waals surface area contributed by atoms with Crippen molar-refractivity contribution in [2.75, 3.05) is 13.1 Å². The first-order valence-corrected chi connectivity index (χ1v) is 6.85. The maximum atomic E-state index is 11.5. The molecule has 2 heterocycles. The second-order valence-corrected chi connectivity index (χ2v) is 5.39. The van der Waals surface area contributed by atoms with E-state index in [1.165, 1.54) is 0 Å². The van der Waals surface area contributed by atoms with E-state index in [1.54, 1.807) is 11.3 Å². The number of carbonyl (C=O) groups is 2. The molecule has 2 amide bonds. The number of nitrogens with one attached hydrogen (secondary N) is 1. The lowest BCUT2D eigenvalue weighted by Gasteiger charge is -2.35. The normalized spacial score (nSPS) is 20.6. The molecule has 1 fully saturated rings. The van der Waals surface area contributed by atoms with Crippen LogP contribution in [-0.2, 0) is 9.59 Å². The lowest BCUT2D eigenvalue weighted by atomic mass is 10.0. The first kappa shape index (κ1) is 13.2. The molecule has 0 saturated carbocycles. The van der Waals surface area contributed by atoms with Crippen molar-refractivity contribution in [2.45, 2.75) is 25.4 Å². The Morgan fingerprint density at radius 1 is 1.44 bits per heavy atom. The van der Waals surface area contributed by atoms with Crippen molar-refractivity contribution in [2.24, 2.45) is 5.73 Å². The van der Waals surface area contributed by atoms with Crippen LogP contribution in [0.2, 0.25) is 0 Å². The number of thiophene rings is 1. The van der Waals surface area contributed by atoms with Gasteiger partial charge in [-0.25, -0.2) is 0 Å². The van der Waals surface area contributed by atoms with Crippen LogP contribution in [0.25, 0.3) is 0 Å². The van der Waals surface area contributed by atoms with Gasteiger partial charge in [-0.3, -0.25) is 19.8 Å². The van der Waals surface area contributed by atoms with Crippen LogP contribution in [0.1, 0.15) is 24.3 Å². The molecule has 98 valence electrons. The van der Waals surface area contributed by atoms with Gasteiger partial charge in [-0.05, 0) is 17.9 Å². The molecule has 1 aromatic heterocycles. The third-order valence-corrected chi connectivity index (χ3v) is 4.02. The van der Waals surface area contributed by atoms with Gasteiger partial charge in [-0.15, -0.1) is 11.3 Å². The second-order valence-electron chi connectivity index (χ2n) is 4.41. The summed E-state index contributed by atoms with van der Waals surface area (Å²) in [4.78, 5) is 25.9. The molecule has 2 rings (SSSR count). The van der Waals surface area contributed by atoms with E-state index in [-0.39, 0.29) is 37.0 Å². The van der Waals surface area contributed by atoms with Crippen molar-refractivity contribution in [3.8, 4) is 0 Å². The predicted octanol–water partition coefficient (Wildman–Crippen LogP) is 0.485. The van der Waals surface area contributed by atoms with Gasteiger partial charge in [0.05, 0.1) is 19.1 Å². The average Bonchev–Trinajstić information content (AvgIpc) is 2.81. The topological polar surface area (TPSA) is 75.4 Å². The standard InChI is InChI=1S/C12H17N3O2S/c1-2-8(13)12(9-4-3-5-18-9)15-6-10(16)14-11(17)7-15/h3-5,8,12H,2,6-7,13H2,1H3,(H,14,16,17). The molecule has 3 N–H and O–H groups in total. The molecule has 0 aliphatic carbocycles. The number of rotatable bonds is 4. The minimum atomic E-state index is -0.254. The SMILES string of the molecule is CCC(N)C(c1cccs1)N1CC(=O)NC(=O)C1. The highest BCUT2D eigenvalue weighted by Crippen LogP contribution is 2.29. The predicted molar refractivity (Wildman–Crippen MR) is 70.0 cm³/mol. The quantitative estimate of drug-likeness (QED) is 0.778. The fraction of sp³-hybridized carbons (Fsp3) is 0.500. The highest BCUT2D eigenvalue weighted by molar-refractivity contribution is 7.10. The minimum absolute atomic E-state index is 0.0648. The summed E-state index contributed by atoms with van der Waals surface area (Å²) < 4.78 is 0. The monoisotopic (exact) mass is 267 g/mol. The molecule has 18 heavy (non-hydrogen) atoms. The first-order chi connectivity index (χ1) is 8.61. The molecule has 0 aromatic carbocycles. The number of carbonyl (C=O) groups excluding carboxylic acids is 2. The van der Waals surface area contributed by atoms with Crippen LogP contribution in [0.15, 0.2) is 17.5 Å². The Balaban J connectivity index is 2.23. The summed E-state index contributed by atoms with van der Waals surface area (Å²) in [5, 5.41) is 4.29. The van der Waals surface area contributed by atoms with Gasteiger partial charge in [0, 0.05) is 10.9 Å². The Hall–Kier alpha value is -1.24. The largest absolute Gasteiger partial charge is 0.326 e. The molecule has 2 unspecified atom stereocenters. The van der Waals surface area contributed by atoms with E-state index in [4.69, 9.17) is 5.73 Å². The van der Waals surface area contributed by atoms with Gasteiger partial charge in [0.25, 0.3) is 0 Å². The molecule has 2 atom stereocenters. The number of piperazine rings is 1. The van der Waals surface area contributed by atoms with Crippen molar-refractivity contribution in [1.29, 1.82) is 0 Å². The van der Waals surface area contributed by atoms with Gasteiger partial charge >= 0.3 is 0 Å². The lowest BCUT2D eigenvalue weighted by molar-refractivity contribution is -0.137. The maximum Gasteiger partial charge on any atom is 0.240 e. The van der Waals surface area contributed by atoms with E-state index in [1.807, 2.05) is 29.3 Å². The second kappa shape index (κ2) is 5.60. The molecule has 1 aliphatic rings. The third kappa shape index (κ3) is 2.77. The summed E-state index contributed by atoms with van der Waals surface area (Å²) >= 11 is 1.61. The summed E-state index contributed by atoms with van der Waals surface area (Å²) in [6.45, 7) is 2.46. The van der Waals surface area contributed by atoms with Crippen LogP contribution in [0, 0.1) is 0 Å². The molecule has 1 saturated heterocycles. The minimum Gasteiger partial charge on any atom is -0.326 e. The van der Waals surface area contributed by atoms with Gasteiger partial charge in [0.2, 0.25) is 11.8 Å². The highest BCUT2D eigenvalue weighted by Gasteiger charge is 2.32. The maximum absolute atomic E-state index is 11.5. The Morgan fingerprint density at radius 2 is 2.11 bits per heavy atom. The molecule has 0 bridgehead atoms. The molecular formula is C12H17N3O2S. The van der Waals surface area contributed by atoms with Crippen LogP contribution in [-0.4, -0.2) is 35.8 Å². The van der Waals surface area contributed by atoms with Gasteiger partial charge in [-0.2, -0.15) is 0 Å². The molecule has 6 heteroatoms. The molecule has 1 aromatic rings. The van der Waals surface area contributed by atoms with E-state index in [2.05, 4.69) is 5.32 Å². The van der Waals surface area contributed by atoms with Gasteiger partial charge in [0.15, 0.2) is 0 Å². The van der Waals surface area contributed by atoms with E-state index in [0.717, 1.165) is 11.3 Å². The smallest absolute Gasteiger partial charge is 0.240 e. The third-order valence-electron chi connectivity index (χ3n) is 3.08. The molecule has 5 nitrogen and oxygen atoms in total. The lowest BCUT2D eigenvalue weighted by Crippen LogP contribution is -2.55. The Labute approximate surface area is 110 Å². The molecule has 0 spiro atoms. The van der Waals surface area contributed by atoms with Gasteiger partial charge < -0.3 is 5.73 Å². The molecule has 0 radical (unpaired) electrons. The van der Waals surface area contributed by atoms with Crippen molar-refractivity contribution in [3.63, 3.8) is 0 Å². The first-order valence-electron chi connectivity index (χ1n) is 5.97. The van der Waals surface area contributed by atoms with Crippen LogP contribution >= 0.6 is 11.3 Å². The van der Waals surface area contributed by atoms with Crippen molar-refractivity contribution >= 4 is 23.2 Å². The number of hydrogen-bond acceptors (Lipinski definition) is 5. The Morgan fingerprint density at radius 3 is 2.61 bits per heavy atom. The van der Waals surface area contributed by atoms with Crippen molar-refractivity contribution in [1.82, 2.24) is 10.2 Å². The summed E-state index contributed by atoms with van der Waals surface area (Å²) in [7, 11) is 0. The number of amides is 2. The zero-order valence-corrected chi connectivity index (χ0v) is 11.1. The van der Waals surface area contributed by atoms with Crippen molar-refractivity contribution < 1.29 is 9.59 Å². The van der Waals surface area contributed by atoms with Crippen molar-refractivity contribution in [3.05, 3.63) is 22.4 Å². The summed E-state index contributed by atoms with van der Waals surface area (Å²) in [6.07, 6.45) is 0.800. The highest BCUT2D eigenvalue weighted by atomic mass is 32.1. The van der Waals surface area contributed by atoms with Crippen LogP contribution in [0.5, 0.6) is 0 Å². The van der Waals surface area contributed by atoms with E-state index < -0.39 is 0 Å². The van der Waals surface area contributed by atoms with E-state index in [0.29, 0.717) is 0 Å². The Bertz CT molecular complexity index is 417.